The van der Waals surface area contributed by atoms with Gasteiger partial charge in [0.25, 0.3) is 0 Å². The van der Waals surface area contributed by atoms with Crippen molar-refractivity contribution in [2.75, 3.05) is 7.05 Å². The lowest BCUT2D eigenvalue weighted by molar-refractivity contribution is 0.506. The molecule has 0 radical (unpaired) electrons. The van der Waals surface area contributed by atoms with Crippen molar-refractivity contribution < 1.29 is 4.39 Å². The van der Waals surface area contributed by atoms with Crippen LogP contribution in [0.15, 0.2) is 18.5 Å². The largest absolute Gasteiger partial charge is 0.313 e. The van der Waals surface area contributed by atoms with Gasteiger partial charge in [-0.1, -0.05) is 26.2 Å². The van der Waals surface area contributed by atoms with Crippen LogP contribution >= 0.6 is 0 Å². The molecule has 1 rings (SSSR count). The molecule has 1 unspecified atom stereocenters. The summed E-state index contributed by atoms with van der Waals surface area (Å²) >= 11 is 0. The van der Waals surface area contributed by atoms with Crippen LogP contribution in [0.5, 0.6) is 0 Å². The molecule has 0 aliphatic rings. The van der Waals surface area contributed by atoms with Crippen molar-refractivity contribution >= 4 is 0 Å². The van der Waals surface area contributed by atoms with E-state index in [1.54, 1.807) is 12.3 Å². The predicted octanol–water partition coefficient (Wildman–Crippen LogP) is 3.06. The maximum atomic E-state index is 13.0. The molecule has 0 saturated heterocycles. The van der Waals surface area contributed by atoms with Gasteiger partial charge in [-0.3, -0.25) is 4.98 Å². The Kier molecular flexibility index (Phi) is 5.26. The molecule has 0 amide bonds. The minimum Gasteiger partial charge on any atom is -0.313 e. The normalized spacial score (nSPS) is 12.7. The van der Waals surface area contributed by atoms with Gasteiger partial charge in [0.2, 0.25) is 0 Å². The average Bonchev–Trinajstić information content (AvgIpc) is 2.24. The van der Waals surface area contributed by atoms with Crippen molar-refractivity contribution in [2.45, 2.75) is 38.6 Å². The van der Waals surface area contributed by atoms with Gasteiger partial charge in [0.15, 0.2) is 0 Å². The highest BCUT2D eigenvalue weighted by atomic mass is 19.1. The zero-order valence-electron chi connectivity index (χ0n) is 9.46. The number of nitrogens with zero attached hydrogens (tertiary/aromatic N) is 1. The van der Waals surface area contributed by atoms with Crippen LogP contribution < -0.4 is 5.32 Å². The molecule has 0 fully saturated rings. The number of rotatable bonds is 6. The van der Waals surface area contributed by atoms with Crippen molar-refractivity contribution in [1.29, 1.82) is 0 Å². The third kappa shape index (κ3) is 3.96. The van der Waals surface area contributed by atoms with E-state index in [4.69, 9.17) is 0 Å². The number of halogens is 1. The number of hydrogen-bond donors (Lipinski definition) is 1. The quantitative estimate of drug-likeness (QED) is 0.730. The molecule has 0 saturated carbocycles. The third-order valence-electron chi connectivity index (χ3n) is 2.57. The highest BCUT2D eigenvalue weighted by Crippen LogP contribution is 2.19. The monoisotopic (exact) mass is 210 g/mol. The molecule has 15 heavy (non-hydrogen) atoms. The molecule has 1 atom stereocenters. The van der Waals surface area contributed by atoms with Crippen molar-refractivity contribution in [3.63, 3.8) is 0 Å². The molecule has 0 aliphatic carbocycles. The lowest BCUT2D eigenvalue weighted by Gasteiger charge is -2.15. The average molecular weight is 210 g/mol. The number of aromatic nitrogens is 1. The fourth-order valence-corrected chi connectivity index (χ4v) is 1.69. The van der Waals surface area contributed by atoms with Gasteiger partial charge in [0.1, 0.15) is 5.82 Å². The second-order valence-electron chi connectivity index (χ2n) is 3.77. The Morgan fingerprint density at radius 2 is 2.20 bits per heavy atom. The molecule has 2 nitrogen and oxygen atoms in total. The standard InChI is InChI=1S/C12H19FN2/c1-3-4-5-6-12(14-2)10-7-11(13)9-15-8-10/h7-9,12,14H,3-6H2,1-2H3. The molecular weight excluding hydrogens is 191 g/mol. The Morgan fingerprint density at radius 1 is 1.40 bits per heavy atom. The van der Waals surface area contributed by atoms with Crippen LogP contribution in [0.4, 0.5) is 4.39 Å². The van der Waals surface area contributed by atoms with E-state index in [2.05, 4.69) is 17.2 Å². The second-order valence-corrected chi connectivity index (χ2v) is 3.77. The van der Waals surface area contributed by atoms with E-state index >= 15 is 0 Å². The second kappa shape index (κ2) is 6.51. The molecule has 1 N–H and O–H groups in total. The topological polar surface area (TPSA) is 24.9 Å². The SMILES string of the molecule is CCCCCC(NC)c1cncc(F)c1. The predicted molar refractivity (Wildman–Crippen MR) is 60.1 cm³/mol. The Labute approximate surface area is 90.9 Å². The summed E-state index contributed by atoms with van der Waals surface area (Å²) in [6, 6.07) is 1.78. The van der Waals surface area contributed by atoms with Gasteiger partial charge in [-0.15, -0.1) is 0 Å². The van der Waals surface area contributed by atoms with E-state index in [-0.39, 0.29) is 11.9 Å². The Balaban J connectivity index is 2.57. The molecule has 84 valence electrons. The van der Waals surface area contributed by atoms with Crippen molar-refractivity contribution in [1.82, 2.24) is 10.3 Å². The highest BCUT2D eigenvalue weighted by molar-refractivity contribution is 5.14. The van der Waals surface area contributed by atoms with Gasteiger partial charge >= 0.3 is 0 Å². The number of nitrogens with one attached hydrogen (secondary N) is 1. The molecule has 0 aliphatic heterocycles. The lowest BCUT2D eigenvalue weighted by atomic mass is 10.0. The summed E-state index contributed by atoms with van der Waals surface area (Å²) in [6.45, 7) is 2.18. The molecule has 0 spiro atoms. The summed E-state index contributed by atoms with van der Waals surface area (Å²) in [6.07, 6.45) is 7.60. The van der Waals surface area contributed by atoms with Crippen LogP contribution in [-0.4, -0.2) is 12.0 Å². The van der Waals surface area contributed by atoms with E-state index in [1.165, 1.54) is 25.5 Å². The minimum atomic E-state index is -0.261. The fourth-order valence-electron chi connectivity index (χ4n) is 1.69. The van der Waals surface area contributed by atoms with E-state index in [9.17, 15) is 4.39 Å². The summed E-state index contributed by atoms with van der Waals surface area (Å²) in [7, 11) is 1.90. The summed E-state index contributed by atoms with van der Waals surface area (Å²) in [5, 5.41) is 3.20. The summed E-state index contributed by atoms with van der Waals surface area (Å²) < 4.78 is 13.0. The van der Waals surface area contributed by atoms with Gasteiger partial charge in [0, 0.05) is 12.2 Å². The first-order chi connectivity index (χ1) is 7.27. The summed E-state index contributed by atoms with van der Waals surface area (Å²) in [4.78, 5) is 3.87. The lowest BCUT2D eigenvalue weighted by Crippen LogP contribution is -2.16. The van der Waals surface area contributed by atoms with Gasteiger partial charge in [0.05, 0.1) is 6.20 Å². The van der Waals surface area contributed by atoms with E-state index < -0.39 is 0 Å². The maximum absolute atomic E-state index is 13.0. The van der Waals surface area contributed by atoms with E-state index in [0.717, 1.165) is 12.0 Å². The number of hydrogen-bond acceptors (Lipinski definition) is 2. The number of unbranched alkanes of at least 4 members (excludes halogenated alkanes) is 2. The Bertz CT molecular complexity index is 289. The zero-order valence-corrected chi connectivity index (χ0v) is 9.46. The van der Waals surface area contributed by atoms with Gasteiger partial charge in [-0.05, 0) is 25.1 Å². The Morgan fingerprint density at radius 3 is 2.80 bits per heavy atom. The van der Waals surface area contributed by atoms with Crippen molar-refractivity contribution in [3.8, 4) is 0 Å². The van der Waals surface area contributed by atoms with Crippen LogP contribution in [0.25, 0.3) is 0 Å². The zero-order chi connectivity index (χ0) is 11.1. The molecule has 3 heteroatoms. The van der Waals surface area contributed by atoms with Gasteiger partial charge < -0.3 is 5.32 Å². The van der Waals surface area contributed by atoms with Crippen molar-refractivity contribution in [2.24, 2.45) is 0 Å². The van der Waals surface area contributed by atoms with Crippen LogP contribution in [0.3, 0.4) is 0 Å². The van der Waals surface area contributed by atoms with Crippen molar-refractivity contribution in [3.05, 3.63) is 29.8 Å². The molecule has 0 bridgehead atoms. The molecule has 1 heterocycles. The summed E-state index contributed by atoms with van der Waals surface area (Å²) in [5.41, 5.74) is 0.939. The first-order valence-electron chi connectivity index (χ1n) is 5.55. The molecular formula is C12H19FN2. The third-order valence-corrected chi connectivity index (χ3v) is 2.57. The smallest absolute Gasteiger partial charge is 0.141 e. The fraction of sp³-hybridized carbons (Fsp3) is 0.583. The van der Waals surface area contributed by atoms with E-state index in [0.29, 0.717) is 0 Å². The Hall–Kier alpha value is -0.960. The van der Waals surface area contributed by atoms with Crippen LogP contribution in [0.1, 0.15) is 44.2 Å². The number of pyridine rings is 1. The maximum Gasteiger partial charge on any atom is 0.141 e. The first kappa shape index (κ1) is 12.1. The molecule has 1 aromatic heterocycles. The highest BCUT2D eigenvalue weighted by Gasteiger charge is 2.09. The van der Waals surface area contributed by atoms with Crippen LogP contribution in [0.2, 0.25) is 0 Å². The van der Waals surface area contributed by atoms with Gasteiger partial charge in [-0.2, -0.15) is 0 Å². The van der Waals surface area contributed by atoms with Crippen LogP contribution in [-0.2, 0) is 0 Å². The minimum absolute atomic E-state index is 0.222. The summed E-state index contributed by atoms with van der Waals surface area (Å²) in [5.74, 6) is -0.261. The molecule has 1 aromatic rings. The molecule has 0 aromatic carbocycles. The first-order valence-corrected chi connectivity index (χ1v) is 5.55. The van der Waals surface area contributed by atoms with E-state index in [1.807, 2.05) is 7.05 Å². The van der Waals surface area contributed by atoms with Gasteiger partial charge in [-0.25, -0.2) is 4.39 Å². The van der Waals surface area contributed by atoms with Crippen LogP contribution in [0, 0.1) is 5.82 Å².